The fraction of sp³-hybridized carbons (Fsp3) is 0.0708. The highest BCUT2D eigenvalue weighted by atomic mass is 127. The maximum atomic E-state index is 13.2. The second-order valence-corrected chi connectivity index (χ2v) is 43.7. The zero-order valence-electron chi connectivity index (χ0n) is 71.9. The van der Waals surface area contributed by atoms with Gasteiger partial charge in [0.1, 0.15) is 5.82 Å². The number of carbonyl (C=O) groups excluding carboxylic acids is 3. The minimum absolute atomic E-state index is 0.0762. The van der Waals surface area contributed by atoms with E-state index in [1.54, 1.807) is 66.7 Å². The van der Waals surface area contributed by atoms with Gasteiger partial charge in [0.05, 0.1) is 89.1 Å². The Kier molecular flexibility index (Phi) is 34.7. The number of rotatable bonds is 20. The molecule has 17 rings (SSSR count). The van der Waals surface area contributed by atoms with Gasteiger partial charge < -0.3 is 45.0 Å². The lowest BCUT2D eigenvalue weighted by atomic mass is 9.87. The largest absolute Gasteiger partial charge is 0.869 e. The van der Waals surface area contributed by atoms with Gasteiger partial charge in [0.15, 0.2) is 77.0 Å². The zero-order chi connectivity index (χ0) is 91.1. The van der Waals surface area contributed by atoms with E-state index in [0.717, 1.165) is 58.6 Å². The van der Waals surface area contributed by atoms with Gasteiger partial charge >= 0.3 is 21.2 Å². The lowest BCUT2D eigenvalue weighted by molar-refractivity contribution is -0.598. The van der Waals surface area contributed by atoms with Crippen LogP contribution in [0.1, 0.15) is 83.7 Å². The zero-order valence-corrected chi connectivity index (χ0v) is 78.1. The van der Waals surface area contributed by atoms with Gasteiger partial charge in [-0.25, -0.2) is 4.39 Å². The molecule has 0 radical (unpaired) electrons. The Morgan fingerprint density at radius 1 is 0.233 bits per heavy atom. The highest BCUT2D eigenvalue weighted by Gasteiger charge is 2.36. The smallest absolute Gasteiger partial charge is 0.358 e. The molecule has 2 unspecified atom stereocenters. The molecule has 0 aromatic heterocycles. The predicted octanol–water partition coefficient (Wildman–Crippen LogP) is 18.8. The molecular weight excluding hydrogens is 1810 g/mol. The predicted molar refractivity (Wildman–Crippen MR) is 506 cm³/mol. The molecule has 0 bridgehead atoms. The molecule has 9 nitrogen and oxygen atoms in total. The van der Waals surface area contributed by atoms with E-state index in [-0.39, 0.29) is 61.0 Å². The van der Waals surface area contributed by atoms with Crippen molar-refractivity contribution in [2.24, 2.45) is 0 Å². The van der Waals surface area contributed by atoms with Crippen LogP contribution in [0, 0.1) is 13.0 Å². The van der Waals surface area contributed by atoms with E-state index >= 15 is 0 Å². The standard InChI is InChI=1S/C23H22O2S.C22H22OS.C19H14O2S.C18H13FOS.C18H14OS.C13H9IO2/c1-23(2,3)17-13-15-19(16-14-17)26(18-9-5-4-6-10-18)21-12-8-7-11-20(21)22(24)25;1-22(2,3)17-13-15-19(16-14-17)24(18-9-5-4-6-10-18)21-12-8-7-11-20(21)23;20-19(21)17-13-7-8-14-18(17)22(15-9-3-1-4-10-15)16-11-5-2-6-12-16;19-14-11-12-18(17(20)13-14)21(15-7-3-1-4-8-15)16-9-5-2-6-10-16;19-17-13-7-8-14-18(17)20(15-9-3-1-4-10-15)16-11-5-2-6-12-16;15-13(16)11-8-4-5-9-12(11)14-10-6-2-1-3-7-10/h4-16H,1-3H3;4-16H,1-3H3;1-14H;1-13H;1-14H;1-9H. The number of aromatic carboxylic acids is 3. The maximum Gasteiger partial charge on any atom is 0.358 e. The Balaban J connectivity index is 0.000000141. The van der Waals surface area contributed by atoms with E-state index in [9.17, 15) is 49.4 Å². The van der Waals surface area contributed by atoms with Crippen LogP contribution in [0.5, 0.6) is 17.2 Å². The molecule has 0 N–H and O–H groups in total. The van der Waals surface area contributed by atoms with Crippen molar-refractivity contribution in [1.29, 1.82) is 0 Å². The van der Waals surface area contributed by atoms with E-state index in [1.165, 1.54) is 40.3 Å². The van der Waals surface area contributed by atoms with E-state index in [1.807, 2.05) is 297 Å². The third-order valence-corrected chi connectivity index (χ3v) is 33.9. The molecule has 0 saturated carbocycles. The summed E-state index contributed by atoms with van der Waals surface area (Å²) in [5.74, 6) is -3.92. The Bertz CT molecular complexity index is 6270. The SMILES string of the molecule is CC(C)(C)c1ccc([S+](c2ccccc2)c2ccccc2C(=O)[O-])cc1.CC(C)(C)c1ccc([S+](c2ccccc2)c2ccccc2[O-])cc1.O=C([O-])c1ccccc1[I+]c1ccccc1.O=C([O-])c1ccccc1[S+](c1ccccc1)c1ccccc1.[O-]c1cc(F)ccc1[S+](c1ccccc1)c1ccccc1.[O-]c1ccccc1[S+](c1ccccc1)c1ccccc1. The van der Waals surface area contributed by atoms with Crippen LogP contribution in [0.2, 0.25) is 0 Å². The summed E-state index contributed by atoms with van der Waals surface area (Å²) in [6.45, 7) is 13.2. The van der Waals surface area contributed by atoms with Crippen LogP contribution >= 0.6 is 0 Å². The van der Waals surface area contributed by atoms with Crippen molar-refractivity contribution in [1.82, 2.24) is 0 Å². The molecule has 0 aliphatic carbocycles. The van der Waals surface area contributed by atoms with E-state index in [0.29, 0.717) is 10.5 Å². The lowest BCUT2D eigenvalue weighted by Crippen LogP contribution is -3.61. The number of benzene rings is 17. The molecule has 0 saturated heterocycles. The minimum atomic E-state index is -1.14. The highest BCUT2D eigenvalue weighted by Crippen LogP contribution is 2.41. The quantitative estimate of drug-likeness (QED) is 0.0528. The first kappa shape index (κ1) is 95.1. The summed E-state index contributed by atoms with van der Waals surface area (Å²) in [6.07, 6.45) is 0. The molecule has 17 aromatic carbocycles. The fourth-order valence-corrected chi connectivity index (χ4v) is 26.7. The van der Waals surface area contributed by atoms with Crippen LogP contribution in [-0.2, 0) is 65.3 Å². The summed E-state index contributed by atoms with van der Waals surface area (Å²) in [5, 5.41) is 70.9. The molecule has 16 heteroatoms. The number of halogens is 2. The fourth-order valence-electron chi connectivity index (χ4n) is 13.4. The lowest BCUT2D eigenvalue weighted by Gasteiger charge is -2.19. The van der Waals surface area contributed by atoms with Gasteiger partial charge in [-0.2, -0.15) is 0 Å². The number of hydrogen-bond donors (Lipinski definition) is 0. The average molecular weight is 1900 g/mol. The highest BCUT2D eigenvalue weighted by molar-refractivity contribution is 7.98. The van der Waals surface area contributed by atoms with E-state index in [2.05, 4.69) is 126 Å². The molecule has 0 aliphatic heterocycles. The van der Waals surface area contributed by atoms with Crippen LogP contribution < -0.4 is 51.8 Å². The second-order valence-electron chi connectivity index (χ2n) is 30.8. The van der Waals surface area contributed by atoms with Gasteiger partial charge in [-0.15, -0.1) is 0 Å². The molecule has 129 heavy (non-hydrogen) atoms. The average Bonchev–Trinajstić information content (AvgIpc) is 0.794. The summed E-state index contributed by atoms with van der Waals surface area (Å²) >= 11 is -0.447. The first-order chi connectivity index (χ1) is 62.5. The van der Waals surface area contributed by atoms with Crippen LogP contribution in [-0.4, -0.2) is 17.9 Å². The van der Waals surface area contributed by atoms with E-state index in [4.69, 9.17) is 0 Å². The topological polar surface area (TPSA) is 190 Å². The van der Waals surface area contributed by atoms with E-state index < -0.39 is 77.6 Å². The first-order valence-electron chi connectivity index (χ1n) is 41.4. The molecular formula is C113H94FIO9S5. The van der Waals surface area contributed by atoms with Gasteiger partial charge in [0.25, 0.3) is 0 Å². The maximum absolute atomic E-state index is 13.2. The molecule has 0 aliphatic rings. The number of carboxylic acid groups (broad SMARTS) is 3. The summed E-state index contributed by atoms with van der Waals surface area (Å²) in [5.41, 5.74) is 3.58. The van der Waals surface area contributed by atoms with Crippen molar-refractivity contribution < 1.29 is 70.6 Å². The monoisotopic (exact) mass is 1900 g/mol. The molecule has 0 spiro atoms. The molecule has 0 amide bonds. The third-order valence-electron chi connectivity index (χ3n) is 19.7. The van der Waals surface area contributed by atoms with Crippen molar-refractivity contribution in [2.45, 2.75) is 126 Å². The Labute approximate surface area is 781 Å². The minimum Gasteiger partial charge on any atom is -0.869 e. The summed E-state index contributed by atoms with van der Waals surface area (Å²) in [7, 11) is -2.20. The number of carbonyl (C=O) groups is 3. The van der Waals surface area contributed by atoms with Crippen LogP contribution in [0.25, 0.3) is 0 Å². The number of carboxylic acids is 3. The number of hydrogen-bond acceptors (Lipinski definition) is 9. The van der Waals surface area contributed by atoms with Crippen LogP contribution in [0.3, 0.4) is 0 Å². The van der Waals surface area contributed by atoms with Gasteiger partial charge in [-0.3, -0.25) is 0 Å². The molecule has 0 heterocycles. The van der Waals surface area contributed by atoms with Gasteiger partial charge in [0.2, 0.25) is 3.57 Å². The summed E-state index contributed by atoms with van der Waals surface area (Å²) in [6, 6.07) is 147. The van der Waals surface area contributed by atoms with Crippen LogP contribution in [0.15, 0.2) is 534 Å². The number of para-hydroxylation sites is 2. The van der Waals surface area contributed by atoms with Crippen molar-refractivity contribution in [2.75, 3.05) is 0 Å². The van der Waals surface area contributed by atoms with Crippen molar-refractivity contribution in [3.05, 3.63) is 502 Å². The Morgan fingerprint density at radius 2 is 0.450 bits per heavy atom. The third kappa shape index (κ3) is 26.6. The van der Waals surface area contributed by atoms with Crippen molar-refractivity contribution in [3.8, 4) is 17.2 Å². The van der Waals surface area contributed by atoms with Crippen LogP contribution in [0.4, 0.5) is 4.39 Å². The second kappa shape index (κ2) is 47.1. The van der Waals surface area contributed by atoms with Gasteiger partial charge in [-0.05, 0) is 228 Å². The molecule has 0 fully saturated rings. The first-order valence-corrected chi connectivity index (χ1v) is 49.7. The van der Waals surface area contributed by atoms with Crippen molar-refractivity contribution in [3.63, 3.8) is 0 Å². The Hall–Kier alpha value is -13.0. The normalized spacial score (nSPS) is 11.4. The van der Waals surface area contributed by atoms with Crippen molar-refractivity contribution >= 4 is 72.4 Å². The van der Waals surface area contributed by atoms with Gasteiger partial charge in [0, 0.05) is 0 Å². The van der Waals surface area contributed by atoms with Gasteiger partial charge in [-0.1, -0.05) is 314 Å². The summed E-state index contributed by atoms with van der Waals surface area (Å²) < 4.78 is 15.3. The molecule has 17 aromatic rings. The summed E-state index contributed by atoms with van der Waals surface area (Å²) in [4.78, 5) is 49.1. The Morgan fingerprint density at radius 3 is 0.713 bits per heavy atom. The molecule has 2 atom stereocenters. The molecule has 644 valence electrons.